The monoisotopic (exact) mass is 223 g/mol. The van der Waals surface area contributed by atoms with E-state index in [1.807, 2.05) is 0 Å². The molecule has 90 valence electrons. The van der Waals surface area contributed by atoms with E-state index in [4.69, 9.17) is 10.3 Å². The third-order valence-corrected chi connectivity index (χ3v) is 3.40. The molecule has 4 nitrogen and oxygen atoms in total. The fourth-order valence-corrected chi connectivity index (χ4v) is 2.42. The minimum atomic E-state index is -0.0570. The maximum Gasteiger partial charge on any atom is 0.243 e. The van der Waals surface area contributed by atoms with Crippen molar-refractivity contribution in [3.05, 3.63) is 11.7 Å². The molecule has 1 fully saturated rings. The van der Waals surface area contributed by atoms with Gasteiger partial charge in [0, 0.05) is 6.42 Å². The number of rotatable bonds is 4. The van der Waals surface area contributed by atoms with Crippen molar-refractivity contribution in [3.8, 4) is 0 Å². The number of hydrogen-bond acceptors (Lipinski definition) is 4. The van der Waals surface area contributed by atoms with Gasteiger partial charge in [-0.1, -0.05) is 31.3 Å². The third kappa shape index (κ3) is 2.61. The summed E-state index contributed by atoms with van der Waals surface area (Å²) in [5.41, 5.74) is 6.18. The van der Waals surface area contributed by atoms with E-state index in [0.29, 0.717) is 11.8 Å². The molecule has 1 unspecified atom stereocenters. The van der Waals surface area contributed by atoms with Gasteiger partial charge in [0.25, 0.3) is 0 Å². The predicted molar refractivity (Wildman–Crippen MR) is 61.8 cm³/mol. The van der Waals surface area contributed by atoms with Gasteiger partial charge in [0.2, 0.25) is 5.89 Å². The molecule has 0 aromatic carbocycles. The Kier molecular flexibility index (Phi) is 3.93. The zero-order valence-corrected chi connectivity index (χ0v) is 9.98. The first kappa shape index (κ1) is 11.6. The molecule has 1 aromatic rings. The molecule has 0 spiro atoms. The molecular weight excluding hydrogens is 202 g/mol. The van der Waals surface area contributed by atoms with Crippen LogP contribution in [-0.2, 0) is 6.42 Å². The van der Waals surface area contributed by atoms with Crippen LogP contribution < -0.4 is 5.73 Å². The highest BCUT2D eigenvalue weighted by molar-refractivity contribution is 4.95. The second-order valence-corrected chi connectivity index (χ2v) is 4.72. The Hall–Kier alpha value is -0.900. The van der Waals surface area contributed by atoms with Gasteiger partial charge in [-0.25, -0.2) is 0 Å². The Morgan fingerprint density at radius 3 is 2.81 bits per heavy atom. The van der Waals surface area contributed by atoms with Crippen molar-refractivity contribution in [3.63, 3.8) is 0 Å². The van der Waals surface area contributed by atoms with Crippen molar-refractivity contribution in [1.29, 1.82) is 0 Å². The molecule has 0 amide bonds. The Morgan fingerprint density at radius 2 is 2.12 bits per heavy atom. The summed E-state index contributed by atoms with van der Waals surface area (Å²) in [7, 11) is 0. The Labute approximate surface area is 96.6 Å². The van der Waals surface area contributed by atoms with Crippen LogP contribution in [0.4, 0.5) is 0 Å². The van der Waals surface area contributed by atoms with Crippen LogP contribution in [0.25, 0.3) is 0 Å². The van der Waals surface area contributed by atoms with E-state index in [9.17, 15) is 0 Å². The first-order valence-electron chi connectivity index (χ1n) is 6.39. The number of hydrogen-bond donors (Lipinski definition) is 1. The van der Waals surface area contributed by atoms with Crippen LogP contribution >= 0.6 is 0 Å². The Balaban J connectivity index is 1.98. The van der Waals surface area contributed by atoms with Gasteiger partial charge in [-0.05, 0) is 25.2 Å². The van der Waals surface area contributed by atoms with Crippen LogP contribution in [0, 0.1) is 5.92 Å². The van der Waals surface area contributed by atoms with E-state index in [2.05, 4.69) is 17.1 Å². The maximum absolute atomic E-state index is 6.18. The lowest BCUT2D eigenvalue weighted by molar-refractivity contribution is 0.255. The van der Waals surface area contributed by atoms with Crippen LogP contribution in [0.5, 0.6) is 0 Å². The van der Waals surface area contributed by atoms with Crippen molar-refractivity contribution >= 4 is 0 Å². The van der Waals surface area contributed by atoms with Gasteiger partial charge < -0.3 is 10.3 Å². The fourth-order valence-electron chi connectivity index (χ4n) is 2.42. The van der Waals surface area contributed by atoms with Gasteiger partial charge in [0.05, 0.1) is 6.04 Å². The fraction of sp³-hybridized carbons (Fsp3) is 0.833. The lowest BCUT2D eigenvalue weighted by atomic mass is 9.84. The van der Waals surface area contributed by atoms with E-state index in [1.165, 1.54) is 32.1 Å². The molecule has 1 aromatic heterocycles. The third-order valence-electron chi connectivity index (χ3n) is 3.40. The lowest BCUT2D eigenvalue weighted by Gasteiger charge is -2.24. The van der Waals surface area contributed by atoms with Crippen LogP contribution in [0.1, 0.15) is 63.2 Å². The van der Waals surface area contributed by atoms with E-state index in [-0.39, 0.29) is 6.04 Å². The topological polar surface area (TPSA) is 64.9 Å². The van der Waals surface area contributed by atoms with Gasteiger partial charge in [-0.3, -0.25) is 0 Å². The quantitative estimate of drug-likeness (QED) is 0.852. The average molecular weight is 223 g/mol. The molecule has 4 heteroatoms. The summed E-state index contributed by atoms with van der Waals surface area (Å²) in [6.45, 7) is 2.11. The van der Waals surface area contributed by atoms with Crippen molar-refractivity contribution in [2.45, 2.75) is 57.9 Å². The predicted octanol–water partition coefficient (Wildman–Crippen LogP) is 2.60. The van der Waals surface area contributed by atoms with Crippen LogP contribution in [-0.4, -0.2) is 10.1 Å². The number of nitrogens with zero attached hydrogens (tertiary/aromatic N) is 2. The van der Waals surface area contributed by atoms with Gasteiger partial charge in [0.1, 0.15) is 0 Å². The van der Waals surface area contributed by atoms with Crippen LogP contribution in [0.3, 0.4) is 0 Å². The molecule has 0 bridgehead atoms. The van der Waals surface area contributed by atoms with E-state index < -0.39 is 0 Å². The summed E-state index contributed by atoms with van der Waals surface area (Å²) in [6.07, 6.45) is 8.23. The minimum Gasteiger partial charge on any atom is -0.338 e. The van der Waals surface area contributed by atoms with E-state index in [1.54, 1.807) is 0 Å². The molecule has 0 saturated heterocycles. The number of aryl methyl sites for hydroxylation is 1. The minimum absolute atomic E-state index is 0.0570. The second-order valence-electron chi connectivity index (χ2n) is 4.72. The molecular formula is C12H21N3O. The zero-order valence-electron chi connectivity index (χ0n) is 9.98. The molecule has 1 aliphatic rings. The number of nitrogens with two attached hydrogens (primary N) is 1. The van der Waals surface area contributed by atoms with Gasteiger partial charge in [0.15, 0.2) is 5.82 Å². The van der Waals surface area contributed by atoms with E-state index in [0.717, 1.165) is 18.7 Å². The molecule has 1 aliphatic carbocycles. The summed E-state index contributed by atoms with van der Waals surface area (Å²) in [6, 6.07) is -0.0570. The summed E-state index contributed by atoms with van der Waals surface area (Å²) in [5.74, 6) is 1.96. The molecule has 0 aliphatic heterocycles. The number of aromatic nitrogens is 2. The summed E-state index contributed by atoms with van der Waals surface area (Å²) in [5, 5.41) is 3.96. The normalized spacial score (nSPS) is 19.9. The lowest BCUT2D eigenvalue weighted by Crippen LogP contribution is -2.23. The standard InChI is InChI=1S/C12H21N3O/c1-2-6-10-14-12(16-15-10)11(13)9-7-4-3-5-8-9/h9,11H,2-8,13H2,1H3. The van der Waals surface area contributed by atoms with Crippen molar-refractivity contribution in [1.82, 2.24) is 10.1 Å². The van der Waals surface area contributed by atoms with Crippen LogP contribution in [0.2, 0.25) is 0 Å². The second kappa shape index (κ2) is 5.43. The smallest absolute Gasteiger partial charge is 0.243 e. The summed E-state index contributed by atoms with van der Waals surface area (Å²) in [4.78, 5) is 4.37. The van der Waals surface area contributed by atoms with Crippen molar-refractivity contribution < 1.29 is 4.52 Å². The highest BCUT2D eigenvalue weighted by atomic mass is 16.5. The largest absolute Gasteiger partial charge is 0.338 e. The molecule has 1 heterocycles. The first-order valence-corrected chi connectivity index (χ1v) is 6.39. The van der Waals surface area contributed by atoms with E-state index >= 15 is 0 Å². The van der Waals surface area contributed by atoms with Crippen molar-refractivity contribution in [2.75, 3.05) is 0 Å². The molecule has 1 saturated carbocycles. The van der Waals surface area contributed by atoms with Gasteiger partial charge >= 0.3 is 0 Å². The molecule has 0 radical (unpaired) electrons. The molecule has 1 atom stereocenters. The maximum atomic E-state index is 6.18. The van der Waals surface area contributed by atoms with Gasteiger partial charge in [-0.15, -0.1) is 0 Å². The molecule has 2 rings (SSSR count). The summed E-state index contributed by atoms with van der Waals surface area (Å²) < 4.78 is 5.25. The Morgan fingerprint density at radius 1 is 1.38 bits per heavy atom. The Bertz CT molecular complexity index is 318. The van der Waals surface area contributed by atoms with Crippen LogP contribution in [0.15, 0.2) is 4.52 Å². The highest BCUT2D eigenvalue weighted by Gasteiger charge is 2.26. The summed E-state index contributed by atoms with van der Waals surface area (Å²) >= 11 is 0. The zero-order chi connectivity index (χ0) is 11.4. The van der Waals surface area contributed by atoms with Gasteiger partial charge in [-0.2, -0.15) is 4.98 Å². The first-order chi connectivity index (χ1) is 7.81. The highest BCUT2D eigenvalue weighted by Crippen LogP contribution is 2.32. The average Bonchev–Trinajstić information content (AvgIpc) is 2.78. The molecule has 16 heavy (non-hydrogen) atoms. The SMILES string of the molecule is CCCc1noc(C(N)C2CCCCC2)n1. The van der Waals surface area contributed by atoms with Crippen molar-refractivity contribution in [2.24, 2.45) is 11.7 Å². The molecule has 2 N–H and O–H groups in total.